The van der Waals surface area contributed by atoms with Crippen LogP contribution in [0, 0.1) is 6.92 Å². The Morgan fingerprint density at radius 1 is 1.25 bits per heavy atom. The van der Waals surface area contributed by atoms with E-state index in [1.807, 2.05) is 49.5 Å². The predicted octanol–water partition coefficient (Wildman–Crippen LogP) is 2.05. The summed E-state index contributed by atoms with van der Waals surface area (Å²) in [5, 5.41) is 11.8. The van der Waals surface area contributed by atoms with Gasteiger partial charge in [0.05, 0.1) is 12.3 Å². The minimum atomic E-state index is 0.128. The largest absolute Gasteiger partial charge is 0.489 e. The van der Waals surface area contributed by atoms with Crippen LogP contribution < -0.4 is 10.1 Å². The normalized spacial score (nSPS) is 10.5. The molecule has 1 aromatic heterocycles. The van der Waals surface area contributed by atoms with Gasteiger partial charge < -0.3 is 15.2 Å². The monoisotopic (exact) mass is 272 g/mol. The number of hydrogen-bond acceptors (Lipinski definition) is 4. The van der Waals surface area contributed by atoms with Gasteiger partial charge in [0.25, 0.3) is 0 Å². The van der Waals surface area contributed by atoms with Gasteiger partial charge in [-0.15, -0.1) is 0 Å². The molecule has 0 aliphatic heterocycles. The molecular formula is C16H20N2O2. The van der Waals surface area contributed by atoms with Crippen LogP contribution in [-0.4, -0.2) is 23.2 Å². The van der Waals surface area contributed by atoms with E-state index in [9.17, 15) is 0 Å². The van der Waals surface area contributed by atoms with Crippen LogP contribution in [0.15, 0.2) is 42.6 Å². The van der Waals surface area contributed by atoms with E-state index >= 15 is 0 Å². The topological polar surface area (TPSA) is 54.4 Å². The number of nitrogens with one attached hydrogen (secondary N) is 1. The highest BCUT2D eigenvalue weighted by molar-refractivity contribution is 5.32. The summed E-state index contributed by atoms with van der Waals surface area (Å²) in [5.74, 6) is 0.852. The highest BCUT2D eigenvalue weighted by Gasteiger charge is 2.03. The summed E-state index contributed by atoms with van der Waals surface area (Å²) < 4.78 is 5.85. The van der Waals surface area contributed by atoms with Crippen molar-refractivity contribution in [3.8, 4) is 5.75 Å². The Morgan fingerprint density at radius 2 is 2.05 bits per heavy atom. The van der Waals surface area contributed by atoms with Crippen molar-refractivity contribution >= 4 is 0 Å². The Morgan fingerprint density at radius 3 is 2.80 bits per heavy atom. The fourth-order valence-electron chi connectivity index (χ4n) is 1.83. The fraction of sp³-hybridized carbons (Fsp3) is 0.312. The Bertz CT molecular complexity index is 529. The average Bonchev–Trinajstić information content (AvgIpc) is 2.49. The quantitative estimate of drug-likeness (QED) is 0.757. The number of aliphatic hydroxyl groups excluding tert-OH is 1. The number of benzene rings is 1. The molecule has 0 atom stereocenters. The standard InChI is InChI=1S/C16H20N2O2/c1-13-10-18-15(11-17-7-8-19)9-16(13)20-12-14-5-3-2-4-6-14/h2-6,9-10,17,19H,7-8,11-12H2,1H3. The van der Waals surface area contributed by atoms with E-state index in [2.05, 4.69) is 10.3 Å². The molecule has 0 bridgehead atoms. The van der Waals surface area contributed by atoms with Crippen LogP contribution in [0.3, 0.4) is 0 Å². The number of nitrogens with zero attached hydrogens (tertiary/aromatic N) is 1. The summed E-state index contributed by atoms with van der Waals surface area (Å²) >= 11 is 0. The molecular weight excluding hydrogens is 252 g/mol. The molecule has 0 unspecified atom stereocenters. The van der Waals surface area contributed by atoms with Crippen LogP contribution in [0.1, 0.15) is 16.8 Å². The number of ether oxygens (including phenoxy) is 1. The lowest BCUT2D eigenvalue weighted by Crippen LogP contribution is -2.18. The van der Waals surface area contributed by atoms with Gasteiger partial charge in [0.15, 0.2) is 0 Å². The molecule has 0 aliphatic carbocycles. The number of hydrogen-bond donors (Lipinski definition) is 2. The minimum Gasteiger partial charge on any atom is -0.489 e. The van der Waals surface area contributed by atoms with Crippen molar-refractivity contribution in [3.63, 3.8) is 0 Å². The maximum Gasteiger partial charge on any atom is 0.126 e. The highest BCUT2D eigenvalue weighted by atomic mass is 16.5. The van der Waals surface area contributed by atoms with Crippen molar-refractivity contribution in [1.29, 1.82) is 0 Å². The number of aliphatic hydroxyl groups is 1. The van der Waals surface area contributed by atoms with Gasteiger partial charge in [-0.2, -0.15) is 0 Å². The van der Waals surface area contributed by atoms with Crippen molar-refractivity contribution in [2.45, 2.75) is 20.1 Å². The van der Waals surface area contributed by atoms with Gasteiger partial charge in [0, 0.05) is 30.9 Å². The summed E-state index contributed by atoms with van der Waals surface area (Å²) in [4.78, 5) is 4.34. The van der Waals surface area contributed by atoms with Crippen molar-refractivity contribution < 1.29 is 9.84 Å². The number of aryl methyl sites for hydroxylation is 1. The Labute approximate surface area is 119 Å². The zero-order valence-corrected chi connectivity index (χ0v) is 11.7. The first-order valence-electron chi connectivity index (χ1n) is 6.73. The fourth-order valence-corrected chi connectivity index (χ4v) is 1.83. The van der Waals surface area contributed by atoms with Crippen LogP contribution in [-0.2, 0) is 13.2 Å². The van der Waals surface area contributed by atoms with E-state index in [1.54, 1.807) is 0 Å². The van der Waals surface area contributed by atoms with Crippen molar-refractivity contribution in [3.05, 3.63) is 59.4 Å². The first kappa shape index (κ1) is 14.5. The van der Waals surface area contributed by atoms with Crippen LogP contribution in [0.25, 0.3) is 0 Å². The molecule has 4 heteroatoms. The van der Waals surface area contributed by atoms with Gasteiger partial charge in [-0.25, -0.2) is 0 Å². The molecule has 0 fully saturated rings. The van der Waals surface area contributed by atoms with E-state index < -0.39 is 0 Å². The van der Waals surface area contributed by atoms with Crippen LogP contribution in [0.5, 0.6) is 5.75 Å². The van der Waals surface area contributed by atoms with E-state index in [0.29, 0.717) is 19.7 Å². The second-order valence-corrected chi connectivity index (χ2v) is 4.62. The molecule has 1 aromatic carbocycles. The third-order valence-corrected chi connectivity index (χ3v) is 2.94. The SMILES string of the molecule is Cc1cnc(CNCCO)cc1OCc1ccccc1. The zero-order chi connectivity index (χ0) is 14.2. The van der Waals surface area contributed by atoms with Crippen LogP contribution in [0.4, 0.5) is 0 Å². The van der Waals surface area contributed by atoms with Crippen molar-refractivity contribution in [2.75, 3.05) is 13.2 Å². The van der Waals surface area contributed by atoms with Gasteiger partial charge >= 0.3 is 0 Å². The molecule has 20 heavy (non-hydrogen) atoms. The molecule has 4 nitrogen and oxygen atoms in total. The lowest BCUT2D eigenvalue weighted by Gasteiger charge is -2.11. The number of pyridine rings is 1. The molecule has 2 rings (SSSR count). The van der Waals surface area contributed by atoms with E-state index in [1.165, 1.54) is 0 Å². The first-order valence-corrected chi connectivity index (χ1v) is 6.73. The Kier molecular flexibility index (Phi) is 5.53. The predicted molar refractivity (Wildman–Crippen MR) is 78.5 cm³/mol. The van der Waals surface area contributed by atoms with E-state index in [-0.39, 0.29) is 6.61 Å². The lowest BCUT2D eigenvalue weighted by atomic mass is 10.2. The summed E-state index contributed by atoms with van der Waals surface area (Å²) in [6.07, 6.45) is 1.82. The van der Waals surface area contributed by atoms with Gasteiger partial charge in [0.2, 0.25) is 0 Å². The average molecular weight is 272 g/mol. The van der Waals surface area contributed by atoms with E-state index in [0.717, 1.165) is 22.6 Å². The summed E-state index contributed by atoms with van der Waals surface area (Å²) in [6, 6.07) is 12.0. The molecule has 0 spiro atoms. The van der Waals surface area contributed by atoms with Crippen LogP contribution >= 0.6 is 0 Å². The first-order chi connectivity index (χ1) is 9.79. The zero-order valence-electron chi connectivity index (χ0n) is 11.7. The summed E-state index contributed by atoms with van der Waals surface area (Å²) in [6.45, 7) is 3.86. The minimum absolute atomic E-state index is 0.128. The maximum atomic E-state index is 8.75. The third kappa shape index (κ3) is 4.33. The van der Waals surface area contributed by atoms with Gasteiger partial charge in [-0.05, 0) is 12.5 Å². The van der Waals surface area contributed by atoms with Crippen molar-refractivity contribution in [2.24, 2.45) is 0 Å². The number of aromatic nitrogens is 1. The molecule has 106 valence electrons. The third-order valence-electron chi connectivity index (χ3n) is 2.94. The molecule has 2 N–H and O–H groups in total. The highest BCUT2D eigenvalue weighted by Crippen LogP contribution is 2.19. The molecule has 0 saturated carbocycles. The lowest BCUT2D eigenvalue weighted by molar-refractivity contribution is 0.291. The summed E-state index contributed by atoms with van der Waals surface area (Å²) in [7, 11) is 0. The number of rotatable bonds is 7. The molecule has 0 aliphatic rings. The smallest absolute Gasteiger partial charge is 0.126 e. The maximum absolute atomic E-state index is 8.75. The molecule has 2 aromatic rings. The molecule has 0 radical (unpaired) electrons. The summed E-state index contributed by atoms with van der Waals surface area (Å²) in [5.41, 5.74) is 3.07. The molecule has 0 saturated heterocycles. The van der Waals surface area contributed by atoms with Gasteiger partial charge in [-0.1, -0.05) is 30.3 Å². The van der Waals surface area contributed by atoms with Crippen LogP contribution in [0.2, 0.25) is 0 Å². The second-order valence-electron chi connectivity index (χ2n) is 4.62. The second kappa shape index (κ2) is 7.62. The van der Waals surface area contributed by atoms with Crippen molar-refractivity contribution in [1.82, 2.24) is 10.3 Å². The Balaban J connectivity index is 1.97. The van der Waals surface area contributed by atoms with E-state index in [4.69, 9.17) is 9.84 Å². The molecule has 1 heterocycles. The van der Waals surface area contributed by atoms with Gasteiger partial charge in [-0.3, -0.25) is 4.98 Å². The van der Waals surface area contributed by atoms with Gasteiger partial charge in [0.1, 0.15) is 12.4 Å². The molecule has 0 amide bonds. The Hall–Kier alpha value is -1.91.